The summed E-state index contributed by atoms with van der Waals surface area (Å²) < 4.78 is 0. The third-order valence-corrected chi connectivity index (χ3v) is 2.43. The fourth-order valence-electron chi connectivity index (χ4n) is 1.31. The summed E-state index contributed by atoms with van der Waals surface area (Å²) >= 11 is 0. The van der Waals surface area contributed by atoms with Crippen molar-refractivity contribution in [1.82, 2.24) is 5.32 Å². The van der Waals surface area contributed by atoms with E-state index in [-0.39, 0.29) is 17.9 Å². The number of carbonyl (C=O) groups excluding carboxylic acids is 2. The molecule has 1 rings (SSSR count). The lowest BCUT2D eigenvalue weighted by Crippen LogP contribution is -2.46. The highest BCUT2D eigenvalue weighted by Crippen LogP contribution is 2.40. The van der Waals surface area contributed by atoms with Gasteiger partial charge in [-0.3, -0.25) is 9.59 Å². The summed E-state index contributed by atoms with van der Waals surface area (Å²) in [4.78, 5) is 21.7. The second kappa shape index (κ2) is 3.13. The molecular formula is C8H14N2O2. The second-order valence-electron chi connectivity index (χ2n) is 3.56. The number of hydrogen-bond donors (Lipinski definition) is 2. The summed E-state index contributed by atoms with van der Waals surface area (Å²) in [6.07, 6.45) is 2.93. The maximum atomic E-state index is 11.3. The van der Waals surface area contributed by atoms with Crippen molar-refractivity contribution >= 4 is 11.8 Å². The zero-order valence-electron chi connectivity index (χ0n) is 7.22. The first-order valence-corrected chi connectivity index (χ1v) is 4.11. The fourth-order valence-corrected chi connectivity index (χ4v) is 1.31. The molecule has 0 aromatic carbocycles. The van der Waals surface area contributed by atoms with Crippen molar-refractivity contribution in [2.24, 2.45) is 11.1 Å². The van der Waals surface area contributed by atoms with Crippen LogP contribution >= 0.6 is 0 Å². The lowest BCUT2D eigenvalue weighted by atomic mass is 9.70. The Morgan fingerprint density at radius 1 is 1.50 bits per heavy atom. The largest absolute Gasteiger partial charge is 0.368 e. The molecule has 0 aromatic rings. The summed E-state index contributed by atoms with van der Waals surface area (Å²) in [5.41, 5.74) is 4.65. The van der Waals surface area contributed by atoms with Crippen LogP contribution in [0.25, 0.3) is 0 Å². The molecule has 1 aliphatic rings. The van der Waals surface area contributed by atoms with Gasteiger partial charge >= 0.3 is 0 Å². The third kappa shape index (κ3) is 1.75. The second-order valence-corrected chi connectivity index (χ2v) is 3.56. The summed E-state index contributed by atoms with van der Waals surface area (Å²) in [6.45, 7) is 1.86. The highest BCUT2D eigenvalue weighted by molar-refractivity contribution is 5.87. The molecule has 1 fully saturated rings. The van der Waals surface area contributed by atoms with Crippen molar-refractivity contribution in [3.8, 4) is 0 Å². The molecule has 0 heterocycles. The highest BCUT2D eigenvalue weighted by Gasteiger charge is 2.38. The molecule has 2 amide bonds. The average molecular weight is 170 g/mol. The standard InChI is InChI=1S/C8H14N2O2/c1-8(3-2-4-8)7(12)10-5-6(9)11/h2-5H2,1H3,(H2,9,11)(H,10,12). The molecule has 3 N–H and O–H groups in total. The Hall–Kier alpha value is -1.06. The molecule has 1 aliphatic carbocycles. The van der Waals surface area contributed by atoms with Crippen LogP contribution in [0.2, 0.25) is 0 Å². The Morgan fingerprint density at radius 3 is 2.42 bits per heavy atom. The van der Waals surface area contributed by atoms with E-state index in [1.54, 1.807) is 0 Å². The molecule has 0 radical (unpaired) electrons. The normalized spacial score (nSPS) is 19.4. The number of nitrogens with two attached hydrogens (primary N) is 1. The SMILES string of the molecule is CC1(C(=O)NCC(N)=O)CCC1. The lowest BCUT2D eigenvalue weighted by molar-refractivity contribution is -0.136. The van der Waals surface area contributed by atoms with Gasteiger partial charge in [0.05, 0.1) is 6.54 Å². The Kier molecular flexibility index (Phi) is 2.35. The van der Waals surface area contributed by atoms with Gasteiger partial charge in [0.2, 0.25) is 11.8 Å². The lowest BCUT2D eigenvalue weighted by Gasteiger charge is -2.36. The minimum atomic E-state index is -0.494. The fraction of sp³-hybridized carbons (Fsp3) is 0.750. The van der Waals surface area contributed by atoms with Crippen LogP contribution in [0.15, 0.2) is 0 Å². The molecule has 0 saturated heterocycles. The number of amides is 2. The van der Waals surface area contributed by atoms with E-state index in [1.165, 1.54) is 0 Å². The van der Waals surface area contributed by atoms with Crippen molar-refractivity contribution in [2.75, 3.05) is 6.54 Å². The van der Waals surface area contributed by atoms with E-state index in [9.17, 15) is 9.59 Å². The van der Waals surface area contributed by atoms with Crippen LogP contribution in [-0.2, 0) is 9.59 Å². The predicted octanol–water partition coefficient (Wildman–Crippen LogP) is -0.222. The van der Waals surface area contributed by atoms with Gasteiger partial charge in [0, 0.05) is 5.41 Å². The number of rotatable bonds is 3. The molecule has 0 aliphatic heterocycles. The Morgan fingerprint density at radius 2 is 2.08 bits per heavy atom. The van der Waals surface area contributed by atoms with Gasteiger partial charge in [0.15, 0.2) is 0 Å². The number of carbonyl (C=O) groups is 2. The van der Waals surface area contributed by atoms with Gasteiger partial charge in [0.1, 0.15) is 0 Å². The van der Waals surface area contributed by atoms with E-state index in [4.69, 9.17) is 5.73 Å². The number of hydrogen-bond acceptors (Lipinski definition) is 2. The minimum Gasteiger partial charge on any atom is -0.368 e. The van der Waals surface area contributed by atoms with Gasteiger partial charge in [-0.25, -0.2) is 0 Å². The van der Waals surface area contributed by atoms with Crippen LogP contribution in [-0.4, -0.2) is 18.4 Å². The topological polar surface area (TPSA) is 72.2 Å². The van der Waals surface area contributed by atoms with Crippen LogP contribution in [0.3, 0.4) is 0 Å². The molecule has 0 unspecified atom stereocenters. The average Bonchev–Trinajstić information content (AvgIpc) is 1.95. The van der Waals surface area contributed by atoms with Gasteiger partial charge in [-0.15, -0.1) is 0 Å². The summed E-state index contributed by atoms with van der Waals surface area (Å²) in [6, 6.07) is 0. The van der Waals surface area contributed by atoms with Gasteiger partial charge in [-0.1, -0.05) is 13.3 Å². The van der Waals surface area contributed by atoms with Crippen molar-refractivity contribution in [3.05, 3.63) is 0 Å². The van der Waals surface area contributed by atoms with Crippen LogP contribution in [0.4, 0.5) is 0 Å². The summed E-state index contributed by atoms with van der Waals surface area (Å²) in [7, 11) is 0. The van der Waals surface area contributed by atoms with Crippen LogP contribution < -0.4 is 11.1 Å². The van der Waals surface area contributed by atoms with Crippen LogP contribution in [0.5, 0.6) is 0 Å². The van der Waals surface area contributed by atoms with E-state index >= 15 is 0 Å². The molecule has 0 spiro atoms. The molecule has 68 valence electrons. The Bertz CT molecular complexity index is 209. The highest BCUT2D eigenvalue weighted by atomic mass is 16.2. The van der Waals surface area contributed by atoms with E-state index in [0.29, 0.717) is 0 Å². The predicted molar refractivity (Wildman–Crippen MR) is 44.2 cm³/mol. The van der Waals surface area contributed by atoms with Crippen LogP contribution in [0.1, 0.15) is 26.2 Å². The quantitative estimate of drug-likeness (QED) is 0.614. The summed E-state index contributed by atoms with van der Waals surface area (Å²) in [5.74, 6) is -0.543. The van der Waals surface area contributed by atoms with Gasteiger partial charge in [-0.2, -0.15) is 0 Å². The van der Waals surface area contributed by atoms with E-state index < -0.39 is 5.91 Å². The minimum absolute atomic E-state index is 0.0472. The van der Waals surface area contributed by atoms with Gasteiger partial charge < -0.3 is 11.1 Å². The number of primary amides is 1. The molecule has 4 nitrogen and oxygen atoms in total. The van der Waals surface area contributed by atoms with Crippen molar-refractivity contribution in [2.45, 2.75) is 26.2 Å². The number of nitrogens with one attached hydrogen (secondary N) is 1. The van der Waals surface area contributed by atoms with Crippen molar-refractivity contribution in [3.63, 3.8) is 0 Å². The molecule has 0 atom stereocenters. The monoisotopic (exact) mass is 170 g/mol. The van der Waals surface area contributed by atoms with E-state index in [0.717, 1.165) is 19.3 Å². The van der Waals surface area contributed by atoms with E-state index in [2.05, 4.69) is 5.32 Å². The smallest absolute Gasteiger partial charge is 0.236 e. The first-order chi connectivity index (χ1) is 5.54. The third-order valence-electron chi connectivity index (χ3n) is 2.43. The maximum absolute atomic E-state index is 11.3. The zero-order chi connectivity index (χ0) is 9.19. The first-order valence-electron chi connectivity index (χ1n) is 4.11. The van der Waals surface area contributed by atoms with Gasteiger partial charge in [-0.05, 0) is 12.8 Å². The Labute approximate surface area is 71.5 Å². The molecule has 1 saturated carbocycles. The Balaban J connectivity index is 2.33. The molecule has 0 bridgehead atoms. The molecule has 12 heavy (non-hydrogen) atoms. The first kappa shape index (κ1) is 9.03. The molecular weight excluding hydrogens is 156 g/mol. The van der Waals surface area contributed by atoms with Gasteiger partial charge in [0.25, 0.3) is 0 Å². The van der Waals surface area contributed by atoms with E-state index in [1.807, 2.05) is 6.92 Å². The summed E-state index contributed by atoms with van der Waals surface area (Å²) in [5, 5.41) is 2.51. The maximum Gasteiger partial charge on any atom is 0.236 e. The molecule has 0 aromatic heterocycles. The molecule has 4 heteroatoms. The van der Waals surface area contributed by atoms with Crippen molar-refractivity contribution < 1.29 is 9.59 Å². The van der Waals surface area contributed by atoms with Crippen LogP contribution in [0, 0.1) is 5.41 Å². The van der Waals surface area contributed by atoms with Crippen molar-refractivity contribution in [1.29, 1.82) is 0 Å². The zero-order valence-corrected chi connectivity index (χ0v) is 7.22.